The highest BCUT2D eigenvalue weighted by Gasteiger charge is 2.15. The summed E-state index contributed by atoms with van der Waals surface area (Å²) in [5.41, 5.74) is 0.959. The first-order valence-electron chi connectivity index (χ1n) is 6.89. The number of benzene rings is 1. The molecule has 0 saturated carbocycles. The van der Waals surface area contributed by atoms with Crippen LogP contribution in [0, 0.1) is 10.1 Å². The molecule has 0 spiro atoms. The van der Waals surface area contributed by atoms with Gasteiger partial charge >= 0.3 is 0 Å². The zero-order valence-corrected chi connectivity index (χ0v) is 14.0. The molecular weight excluding hydrogens is 334 g/mol. The molecule has 3 rings (SSSR count). The Morgan fingerprint density at radius 1 is 1.35 bits per heavy atom. The maximum absolute atomic E-state index is 12.3. The van der Waals surface area contributed by atoms with Crippen LogP contribution in [-0.4, -0.2) is 15.8 Å². The van der Waals surface area contributed by atoms with Crippen molar-refractivity contribution in [1.29, 1.82) is 0 Å². The molecule has 0 saturated heterocycles. The van der Waals surface area contributed by atoms with Gasteiger partial charge in [-0.2, -0.15) is 0 Å². The number of thiazole rings is 1. The number of amides is 1. The van der Waals surface area contributed by atoms with Gasteiger partial charge < -0.3 is 0 Å². The van der Waals surface area contributed by atoms with Gasteiger partial charge in [0.1, 0.15) is 0 Å². The van der Waals surface area contributed by atoms with Crippen LogP contribution in [0.1, 0.15) is 35.1 Å². The molecule has 0 aliphatic carbocycles. The Kier molecular flexibility index (Phi) is 4.10. The minimum Gasteiger partial charge on any atom is -0.297 e. The molecule has 0 fully saturated rings. The topological polar surface area (TPSA) is 85.1 Å². The molecule has 0 atom stereocenters. The minimum atomic E-state index is -0.445. The fourth-order valence-electron chi connectivity index (χ4n) is 2.02. The number of rotatable bonds is 4. The Bertz CT molecular complexity index is 898. The number of nitrogens with one attached hydrogen (secondary N) is 1. The first kappa shape index (κ1) is 15.6. The summed E-state index contributed by atoms with van der Waals surface area (Å²) in [6.07, 6.45) is 0. The van der Waals surface area contributed by atoms with Crippen molar-refractivity contribution in [2.75, 3.05) is 5.32 Å². The maximum Gasteiger partial charge on any atom is 0.270 e. The lowest BCUT2D eigenvalue weighted by Crippen LogP contribution is -2.09. The Morgan fingerprint density at radius 3 is 2.78 bits per heavy atom. The van der Waals surface area contributed by atoms with Crippen molar-refractivity contribution in [2.24, 2.45) is 0 Å². The summed E-state index contributed by atoms with van der Waals surface area (Å²) in [5, 5.41) is 16.8. The summed E-state index contributed by atoms with van der Waals surface area (Å²) < 4.78 is 0.836. The van der Waals surface area contributed by atoms with Crippen molar-refractivity contribution < 1.29 is 9.72 Å². The molecule has 0 unspecified atom stereocenters. The van der Waals surface area contributed by atoms with Crippen LogP contribution in [0.2, 0.25) is 0 Å². The van der Waals surface area contributed by atoms with E-state index >= 15 is 0 Å². The Labute approximate surface area is 139 Å². The molecule has 1 aromatic carbocycles. The van der Waals surface area contributed by atoms with Crippen LogP contribution in [0.25, 0.3) is 10.1 Å². The van der Waals surface area contributed by atoms with Crippen LogP contribution >= 0.6 is 22.7 Å². The highest BCUT2D eigenvalue weighted by Crippen LogP contribution is 2.30. The van der Waals surface area contributed by atoms with E-state index in [0.717, 1.165) is 10.4 Å². The summed E-state index contributed by atoms with van der Waals surface area (Å²) in [4.78, 5) is 27.5. The fraction of sp³-hybridized carbons (Fsp3) is 0.200. The van der Waals surface area contributed by atoms with E-state index in [1.165, 1.54) is 34.8 Å². The Hall–Kier alpha value is -2.32. The smallest absolute Gasteiger partial charge is 0.270 e. The van der Waals surface area contributed by atoms with Gasteiger partial charge in [-0.1, -0.05) is 13.8 Å². The minimum absolute atomic E-state index is 0.0174. The summed E-state index contributed by atoms with van der Waals surface area (Å²) in [7, 11) is 0. The van der Waals surface area contributed by atoms with Gasteiger partial charge in [-0.3, -0.25) is 20.2 Å². The molecule has 23 heavy (non-hydrogen) atoms. The van der Waals surface area contributed by atoms with Gasteiger partial charge in [-0.05, 0) is 18.1 Å². The first-order chi connectivity index (χ1) is 10.9. The normalized spacial score (nSPS) is 11.1. The van der Waals surface area contributed by atoms with Crippen LogP contribution < -0.4 is 5.32 Å². The number of aromatic nitrogens is 1. The Balaban J connectivity index is 1.84. The Morgan fingerprint density at radius 2 is 2.13 bits per heavy atom. The number of hydrogen-bond acceptors (Lipinski definition) is 6. The van der Waals surface area contributed by atoms with E-state index in [-0.39, 0.29) is 11.6 Å². The summed E-state index contributed by atoms with van der Waals surface area (Å²) >= 11 is 2.69. The van der Waals surface area contributed by atoms with E-state index in [1.807, 2.05) is 19.2 Å². The number of carbonyl (C=O) groups excluding carboxylic acids is 1. The third-order valence-electron chi connectivity index (χ3n) is 3.27. The summed E-state index contributed by atoms with van der Waals surface area (Å²) in [5.74, 6) is 0.0558. The zero-order chi connectivity index (χ0) is 16.6. The quantitative estimate of drug-likeness (QED) is 0.550. The van der Waals surface area contributed by atoms with Gasteiger partial charge in [0, 0.05) is 27.6 Å². The second-order valence-electron chi connectivity index (χ2n) is 5.28. The van der Waals surface area contributed by atoms with E-state index in [1.54, 1.807) is 12.1 Å². The zero-order valence-electron chi connectivity index (χ0n) is 12.4. The van der Waals surface area contributed by atoms with E-state index in [0.29, 0.717) is 21.3 Å². The lowest BCUT2D eigenvalue weighted by molar-refractivity contribution is -0.384. The second kappa shape index (κ2) is 6.05. The number of fused-ring (bicyclic) bond motifs is 1. The molecule has 6 nitrogen and oxygen atoms in total. The maximum atomic E-state index is 12.3. The van der Waals surface area contributed by atoms with Crippen molar-refractivity contribution in [2.45, 2.75) is 19.8 Å². The average molecular weight is 347 g/mol. The largest absolute Gasteiger partial charge is 0.297 e. The van der Waals surface area contributed by atoms with Gasteiger partial charge in [0.05, 0.1) is 15.5 Å². The lowest BCUT2D eigenvalue weighted by atomic mass is 10.2. The molecule has 3 aromatic rings. The number of nitro groups is 1. The first-order valence-corrected chi connectivity index (χ1v) is 8.58. The predicted molar refractivity (Wildman–Crippen MR) is 92.6 cm³/mol. The second-order valence-corrected chi connectivity index (χ2v) is 7.22. The van der Waals surface area contributed by atoms with Crippen LogP contribution in [0.3, 0.4) is 0 Å². The molecule has 0 radical (unpaired) electrons. The third kappa shape index (κ3) is 3.22. The van der Waals surface area contributed by atoms with Crippen molar-refractivity contribution in [3.8, 4) is 0 Å². The van der Waals surface area contributed by atoms with Crippen molar-refractivity contribution in [3.63, 3.8) is 0 Å². The van der Waals surface area contributed by atoms with E-state index < -0.39 is 4.92 Å². The fourth-order valence-corrected chi connectivity index (χ4v) is 3.83. The van der Waals surface area contributed by atoms with Crippen LogP contribution in [0.5, 0.6) is 0 Å². The number of non-ortho nitro benzene ring substituents is 1. The average Bonchev–Trinajstić information content (AvgIpc) is 3.12. The van der Waals surface area contributed by atoms with Crippen LogP contribution in [0.15, 0.2) is 29.6 Å². The molecule has 118 valence electrons. The van der Waals surface area contributed by atoms with E-state index in [2.05, 4.69) is 10.3 Å². The van der Waals surface area contributed by atoms with Gasteiger partial charge in [0.25, 0.3) is 11.6 Å². The molecule has 2 heterocycles. The molecular formula is C15H13N3O3S2. The summed E-state index contributed by atoms with van der Waals surface area (Å²) in [6, 6.07) is 6.24. The number of nitro benzene ring substituents is 1. The third-order valence-corrected chi connectivity index (χ3v) is 5.16. The molecule has 0 bridgehead atoms. The monoisotopic (exact) mass is 347 g/mol. The standard InChI is InChI=1S/C15H13N3O3S2/c1-8(2)11-7-22-15(16-11)17-14(19)13-6-9-5-10(18(20)21)3-4-12(9)23-13/h3-8H,1-2H3,(H,16,17,19). The number of anilines is 1. The SMILES string of the molecule is CC(C)c1csc(NC(=O)c2cc3cc([N+](=O)[O-])ccc3s2)n1. The molecule has 8 heteroatoms. The molecule has 0 aliphatic heterocycles. The number of thiophene rings is 1. The van der Waals surface area contributed by atoms with Crippen LogP contribution in [-0.2, 0) is 0 Å². The highest BCUT2D eigenvalue weighted by molar-refractivity contribution is 7.21. The number of carbonyl (C=O) groups is 1. The lowest BCUT2D eigenvalue weighted by Gasteiger charge is -1.99. The number of nitrogens with zero attached hydrogens (tertiary/aromatic N) is 2. The molecule has 2 aromatic heterocycles. The van der Waals surface area contributed by atoms with Gasteiger partial charge in [0.15, 0.2) is 5.13 Å². The van der Waals surface area contributed by atoms with Gasteiger partial charge in [-0.25, -0.2) is 4.98 Å². The van der Waals surface area contributed by atoms with E-state index in [9.17, 15) is 14.9 Å². The van der Waals surface area contributed by atoms with Crippen LogP contribution in [0.4, 0.5) is 10.8 Å². The molecule has 1 amide bonds. The number of hydrogen-bond donors (Lipinski definition) is 1. The summed E-state index contributed by atoms with van der Waals surface area (Å²) in [6.45, 7) is 4.08. The van der Waals surface area contributed by atoms with Crippen molar-refractivity contribution >= 4 is 49.5 Å². The van der Waals surface area contributed by atoms with Gasteiger partial charge in [-0.15, -0.1) is 22.7 Å². The van der Waals surface area contributed by atoms with Gasteiger partial charge in [0.2, 0.25) is 0 Å². The molecule has 1 N–H and O–H groups in total. The van der Waals surface area contributed by atoms with Crippen molar-refractivity contribution in [3.05, 3.63) is 50.3 Å². The molecule has 0 aliphatic rings. The van der Waals surface area contributed by atoms with Crippen molar-refractivity contribution in [1.82, 2.24) is 4.98 Å². The highest BCUT2D eigenvalue weighted by atomic mass is 32.1. The van der Waals surface area contributed by atoms with E-state index in [4.69, 9.17) is 0 Å². The predicted octanol–water partition coefficient (Wildman–Crippen LogP) is 4.64.